The number of carbonyl (C=O) groups is 2. The van der Waals surface area contributed by atoms with Gasteiger partial charge >= 0.3 is 0 Å². The third-order valence-corrected chi connectivity index (χ3v) is 8.25. The van der Waals surface area contributed by atoms with Gasteiger partial charge in [-0.2, -0.15) is 0 Å². The van der Waals surface area contributed by atoms with Crippen LogP contribution in [0.4, 0.5) is 17.1 Å². The van der Waals surface area contributed by atoms with Crippen LogP contribution in [0.15, 0.2) is 53.1 Å². The Morgan fingerprint density at radius 2 is 1.70 bits per heavy atom. The Balaban J connectivity index is 1.21. The molecule has 2 amide bonds. The molecule has 3 aliphatic rings. The molecule has 3 fully saturated rings. The lowest BCUT2D eigenvalue weighted by atomic mass is 9.93. The van der Waals surface area contributed by atoms with Gasteiger partial charge in [0.1, 0.15) is 6.26 Å². The molecule has 0 spiro atoms. The number of hydrogen-bond donors (Lipinski definition) is 3. The summed E-state index contributed by atoms with van der Waals surface area (Å²) in [5.41, 5.74) is 4.64. The number of piperazine rings is 1. The van der Waals surface area contributed by atoms with Gasteiger partial charge in [0, 0.05) is 49.4 Å². The zero-order valence-electron chi connectivity index (χ0n) is 22.9. The van der Waals surface area contributed by atoms with Crippen LogP contribution >= 0.6 is 0 Å². The lowest BCUT2D eigenvalue weighted by molar-refractivity contribution is 0.0849. The Morgan fingerprint density at radius 3 is 2.42 bits per heavy atom. The first-order valence-corrected chi connectivity index (χ1v) is 14.4. The van der Waals surface area contributed by atoms with Gasteiger partial charge in [-0.25, -0.2) is 4.98 Å². The number of aliphatic hydroxyl groups is 1. The van der Waals surface area contributed by atoms with E-state index >= 15 is 0 Å². The van der Waals surface area contributed by atoms with Crippen molar-refractivity contribution >= 4 is 28.9 Å². The highest BCUT2D eigenvalue weighted by molar-refractivity contribution is 6.06. The fourth-order valence-corrected chi connectivity index (χ4v) is 5.82. The fourth-order valence-electron chi connectivity index (χ4n) is 5.82. The van der Waals surface area contributed by atoms with Crippen molar-refractivity contribution in [1.29, 1.82) is 0 Å². The molecule has 6 rings (SSSR count). The van der Waals surface area contributed by atoms with Crippen molar-refractivity contribution < 1.29 is 19.1 Å². The van der Waals surface area contributed by atoms with Crippen LogP contribution in [0.3, 0.4) is 0 Å². The fraction of sp³-hybridized carbons (Fsp3) is 0.452. The van der Waals surface area contributed by atoms with Gasteiger partial charge in [-0.05, 0) is 75.3 Å². The minimum atomic E-state index is -0.377. The number of para-hydroxylation sites is 1. The molecule has 2 unspecified atom stereocenters. The highest BCUT2D eigenvalue weighted by Crippen LogP contribution is 2.39. The molecule has 3 aromatic rings. The molecule has 1 aliphatic heterocycles. The quantitative estimate of drug-likeness (QED) is 0.403. The molecule has 1 aromatic heterocycles. The van der Waals surface area contributed by atoms with Crippen LogP contribution in [-0.4, -0.2) is 60.2 Å². The molecule has 3 N–H and O–H groups in total. The van der Waals surface area contributed by atoms with Crippen molar-refractivity contribution in [2.24, 2.45) is 0 Å². The van der Waals surface area contributed by atoms with Gasteiger partial charge in [-0.15, -0.1) is 0 Å². The van der Waals surface area contributed by atoms with E-state index in [0.717, 1.165) is 64.0 Å². The summed E-state index contributed by atoms with van der Waals surface area (Å²) < 4.78 is 5.54. The number of aliphatic hydroxyl groups excluding tert-OH is 1. The molecule has 0 bridgehead atoms. The highest BCUT2D eigenvalue weighted by atomic mass is 16.3. The molecule has 0 radical (unpaired) electrons. The molecule has 2 aromatic carbocycles. The van der Waals surface area contributed by atoms with Crippen LogP contribution in [0.1, 0.15) is 76.7 Å². The normalized spacial score (nSPS) is 21.2. The Labute approximate surface area is 234 Å². The van der Waals surface area contributed by atoms with Gasteiger partial charge in [0.25, 0.3) is 11.8 Å². The first kappa shape index (κ1) is 26.4. The van der Waals surface area contributed by atoms with Gasteiger partial charge in [0.2, 0.25) is 0 Å². The topological polar surface area (TPSA) is 111 Å². The maximum Gasteiger partial charge on any atom is 0.277 e. The second-order valence-electron chi connectivity index (χ2n) is 11.3. The lowest BCUT2D eigenvalue weighted by Crippen LogP contribution is -2.47. The largest absolute Gasteiger partial charge is 0.448 e. The van der Waals surface area contributed by atoms with E-state index in [-0.39, 0.29) is 29.7 Å². The zero-order valence-corrected chi connectivity index (χ0v) is 22.9. The Kier molecular flexibility index (Phi) is 7.47. The van der Waals surface area contributed by atoms with Gasteiger partial charge in [0.15, 0.2) is 11.6 Å². The molecule has 210 valence electrons. The van der Waals surface area contributed by atoms with Crippen LogP contribution in [0, 0.1) is 6.92 Å². The molecular formula is C31H37N5O4. The lowest BCUT2D eigenvalue weighted by Gasteiger charge is -2.38. The molecule has 2 atom stereocenters. The summed E-state index contributed by atoms with van der Waals surface area (Å²) in [7, 11) is 0. The summed E-state index contributed by atoms with van der Waals surface area (Å²) in [6.07, 6.45) is 6.19. The van der Waals surface area contributed by atoms with E-state index < -0.39 is 0 Å². The molecule has 40 heavy (non-hydrogen) atoms. The number of aromatic nitrogens is 1. The number of nitrogens with zero attached hydrogens (tertiary/aromatic N) is 3. The number of anilines is 3. The first-order valence-electron chi connectivity index (χ1n) is 14.4. The average Bonchev–Trinajstić information content (AvgIpc) is 3.69. The van der Waals surface area contributed by atoms with Gasteiger partial charge < -0.3 is 30.0 Å². The number of hydrogen-bond acceptors (Lipinski definition) is 7. The van der Waals surface area contributed by atoms with Crippen LogP contribution in [-0.2, 0) is 0 Å². The predicted molar refractivity (Wildman–Crippen MR) is 154 cm³/mol. The Hall–Kier alpha value is -3.85. The number of aryl methyl sites for hydroxylation is 1. The van der Waals surface area contributed by atoms with Gasteiger partial charge in [-0.3, -0.25) is 9.59 Å². The summed E-state index contributed by atoms with van der Waals surface area (Å²) in [5.74, 6) is 0.360. The van der Waals surface area contributed by atoms with Crippen molar-refractivity contribution in [1.82, 2.24) is 10.3 Å². The van der Waals surface area contributed by atoms with E-state index in [9.17, 15) is 14.7 Å². The SMILES string of the molecule is Cc1ccccc1N1CCN(c2ccc(C(=O)NC3CCCC(O)C3)cc2NC(=O)c2coc(C3CC3)n2)CC1. The van der Waals surface area contributed by atoms with Crippen molar-refractivity contribution in [2.75, 3.05) is 41.3 Å². The smallest absolute Gasteiger partial charge is 0.277 e. The van der Waals surface area contributed by atoms with Gasteiger partial charge in [-0.1, -0.05) is 18.2 Å². The summed E-state index contributed by atoms with van der Waals surface area (Å²) in [6.45, 7) is 5.37. The number of carbonyl (C=O) groups excluding carboxylic acids is 2. The molecule has 9 nitrogen and oxygen atoms in total. The number of nitrogens with one attached hydrogen (secondary N) is 2. The molecule has 9 heteroatoms. The highest BCUT2D eigenvalue weighted by Gasteiger charge is 2.30. The predicted octanol–water partition coefficient (Wildman–Crippen LogP) is 4.47. The Bertz CT molecular complexity index is 1380. The maximum absolute atomic E-state index is 13.2. The third kappa shape index (κ3) is 5.84. The van der Waals surface area contributed by atoms with Crippen LogP contribution in [0.2, 0.25) is 0 Å². The van der Waals surface area contributed by atoms with E-state index in [1.165, 1.54) is 17.5 Å². The standard InChI is InChI=1S/C31H37N5O4/c1-20-5-2-3-8-27(20)35-13-15-36(16-14-35)28-12-11-22(29(38)32-23-6-4-7-24(37)18-23)17-25(28)33-30(39)26-19-40-31(34-26)21-9-10-21/h2-3,5,8,11-12,17,19,21,23-24,37H,4,6-7,9-10,13-16,18H2,1H3,(H,32,38)(H,33,39). The maximum atomic E-state index is 13.2. The number of benzene rings is 2. The van der Waals surface area contributed by atoms with Crippen molar-refractivity contribution in [3.05, 3.63) is 71.4 Å². The van der Waals surface area contributed by atoms with Gasteiger partial charge in [0.05, 0.1) is 17.5 Å². The summed E-state index contributed by atoms with van der Waals surface area (Å²) >= 11 is 0. The third-order valence-electron chi connectivity index (χ3n) is 8.25. The minimum Gasteiger partial charge on any atom is -0.448 e. The van der Waals surface area contributed by atoms with Crippen molar-refractivity contribution in [2.45, 2.75) is 63.5 Å². The second-order valence-corrected chi connectivity index (χ2v) is 11.3. The summed E-state index contributed by atoms with van der Waals surface area (Å²) in [4.78, 5) is 35.4. The van der Waals surface area contributed by atoms with Crippen LogP contribution < -0.4 is 20.4 Å². The molecule has 2 heterocycles. The van der Waals surface area contributed by atoms with Crippen LogP contribution in [0.5, 0.6) is 0 Å². The average molecular weight is 544 g/mol. The summed E-state index contributed by atoms with van der Waals surface area (Å²) in [5, 5.41) is 16.1. The molecule has 2 saturated carbocycles. The van der Waals surface area contributed by atoms with Crippen LogP contribution in [0.25, 0.3) is 0 Å². The van der Waals surface area contributed by atoms with Crippen molar-refractivity contribution in [3.63, 3.8) is 0 Å². The number of rotatable bonds is 7. The second kappa shape index (κ2) is 11.3. The molecular weight excluding hydrogens is 506 g/mol. The Morgan fingerprint density at radius 1 is 0.950 bits per heavy atom. The van der Waals surface area contributed by atoms with E-state index in [0.29, 0.717) is 29.5 Å². The first-order chi connectivity index (χ1) is 19.4. The van der Waals surface area contributed by atoms with E-state index in [2.05, 4.69) is 56.6 Å². The van der Waals surface area contributed by atoms with E-state index in [1.807, 2.05) is 12.1 Å². The molecule has 1 saturated heterocycles. The number of oxazole rings is 1. The van der Waals surface area contributed by atoms with Crippen molar-refractivity contribution in [3.8, 4) is 0 Å². The zero-order chi connectivity index (χ0) is 27.6. The monoisotopic (exact) mass is 543 g/mol. The molecule has 2 aliphatic carbocycles. The van der Waals surface area contributed by atoms with E-state index in [1.54, 1.807) is 6.07 Å². The van der Waals surface area contributed by atoms with E-state index in [4.69, 9.17) is 4.42 Å². The summed E-state index contributed by atoms with van der Waals surface area (Å²) in [6, 6.07) is 13.8. The minimum absolute atomic E-state index is 0.0561. The number of amides is 2.